The number of carbonyl (C=O) groups is 1. The Morgan fingerprint density at radius 3 is 2.21 bits per heavy atom. The van der Waals surface area contributed by atoms with Crippen LogP contribution in [0.15, 0.2) is 84.1 Å². The van der Waals surface area contributed by atoms with Gasteiger partial charge in [0.05, 0.1) is 24.9 Å². The monoisotopic (exact) mass is 577 g/mol. The van der Waals surface area contributed by atoms with E-state index in [2.05, 4.69) is 30.9 Å². The van der Waals surface area contributed by atoms with Crippen molar-refractivity contribution in [2.24, 2.45) is 4.99 Å². The standard InChI is InChI=1S/C29H26F3N7O3/c1-18-33-13-14-39(18)25-12-7-21(15-24(25)29(30,31)32)38-28(40)37-20-5-10-23(11-6-20)42-27-16-26(34-17-35-27)36-19-3-8-22(41-2)9-4-19/h3-12,15-17H,13-14H2,1-2H3,(H,34,35,36)(H2,37,38,40). The summed E-state index contributed by atoms with van der Waals surface area (Å²) in [6.07, 6.45) is -3.25. The highest BCUT2D eigenvalue weighted by molar-refractivity contribution is 6.01. The first-order valence-corrected chi connectivity index (χ1v) is 12.8. The molecule has 0 saturated heterocycles. The molecule has 4 aromatic rings. The molecule has 1 aliphatic heterocycles. The van der Waals surface area contributed by atoms with E-state index in [4.69, 9.17) is 9.47 Å². The van der Waals surface area contributed by atoms with Crippen LogP contribution >= 0.6 is 0 Å². The second-order valence-corrected chi connectivity index (χ2v) is 9.11. The summed E-state index contributed by atoms with van der Waals surface area (Å²) in [4.78, 5) is 26.5. The lowest BCUT2D eigenvalue weighted by Crippen LogP contribution is -2.28. The van der Waals surface area contributed by atoms with E-state index >= 15 is 0 Å². The number of nitrogens with one attached hydrogen (secondary N) is 3. The molecular weight excluding hydrogens is 551 g/mol. The van der Waals surface area contributed by atoms with Gasteiger partial charge >= 0.3 is 12.2 Å². The zero-order valence-corrected chi connectivity index (χ0v) is 22.6. The van der Waals surface area contributed by atoms with Crippen molar-refractivity contribution in [2.75, 3.05) is 41.0 Å². The fraction of sp³-hybridized carbons (Fsp3) is 0.172. The van der Waals surface area contributed by atoms with Gasteiger partial charge in [-0.05, 0) is 73.7 Å². The second-order valence-electron chi connectivity index (χ2n) is 9.11. The van der Waals surface area contributed by atoms with Gasteiger partial charge in [0.1, 0.15) is 29.5 Å². The van der Waals surface area contributed by atoms with E-state index in [9.17, 15) is 18.0 Å². The summed E-state index contributed by atoms with van der Waals surface area (Å²) in [6.45, 7) is 2.45. The molecule has 0 spiro atoms. The van der Waals surface area contributed by atoms with Gasteiger partial charge in [-0.2, -0.15) is 13.2 Å². The van der Waals surface area contributed by atoms with E-state index in [0.717, 1.165) is 17.5 Å². The lowest BCUT2D eigenvalue weighted by Gasteiger charge is -2.23. The van der Waals surface area contributed by atoms with Gasteiger partial charge in [0.2, 0.25) is 5.88 Å². The highest BCUT2D eigenvalue weighted by atomic mass is 19.4. The number of anilines is 5. The smallest absolute Gasteiger partial charge is 0.418 e. The number of rotatable bonds is 8. The van der Waals surface area contributed by atoms with E-state index in [1.807, 2.05) is 24.3 Å². The number of aromatic nitrogens is 2. The van der Waals surface area contributed by atoms with Crippen molar-refractivity contribution < 1.29 is 27.4 Å². The Morgan fingerprint density at radius 2 is 1.55 bits per heavy atom. The molecule has 0 fully saturated rings. The molecule has 13 heteroatoms. The Balaban J connectivity index is 1.19. The number of alkyl halides is 3. The predicted molar refractivity (Wildman–Crippen MR) is 154 cm³/mol. The van der Waals surface area contributed by atoms with Crippen molar-refractivity contribution in [2.45, 2.75) is 13.1 Å². The third kappa shape index (κ3) is 6.86. The van der Waals surface area contributed by atoms with Crippen molar-refractivity contribution in [3.63, 3.8) is 0 Å². The molecule has 2 amide bonds. The van der Waals surface area contributed by atoms with E-state index < -0.39 is 17.8 Å². The Hall–Kier alpha value is -5.33. The molecule has 5 rings (SSSR count). The molecule has 0 aliphatic carbocycles. The number of urea groups is 1. The minimum atomic E-state index is -4.61. The SMILES string of the molecule is COc1ccc(Nc2cc(Oc3ccc(NC(=O)Nc4ccc(N5CCN=C5C)c(C(F)(F)F)c4)cc3)ncn2)cc1. The van der Waals surface area contributed by atoms with Crippen molar-refractivity contribution >= 4 is 40.4 Å². The summed E-state index contributed by atoms with van der Waals surface area (Å²) < 4.78 is 52.4. The van der Waals surface area contributed by atoms with Crippen LogP contribution in [0, 0.1) is 0 Å². The Morgan fingerprint density at radius 1 is 0.881 bits per heavy atom. The van der Waals surface area contributed by atoms with E-state index in [-0.39, 0.29) is 11.4 Å². The first kappa shape index (κ1) is 28.2. The number of aliphatic imine (C=N–C) groups is 1. The third-order valence-electron chi connectivity index (χ3n) is 6.24. The molecule has 1 aromatic heterocycles. The predicted octanol–water partition coefficient (Wildman–Crippen LogP) is 6.92. The van der Waals surface area contributed by atoms with Crippen molar-refractivity contribution in [3.8, 4) is 17.4 Å². The molecule has 0 atom stereocenters. The average molecular weight is 578 g/mol. The number of hydrogen-bond donors (Lipinski definition) is 3. The third-order valence-corrected chi connectivity index (χ3v) is 6.24. The number of methoxy groups -OCH3 is 1. The van der Waals surface area contributed by atoms with Gasteiger partial charge in [-0.25, -0.2) is 14.8 Å². The maximum Gasteiger partial charge on any atom is 0.418 e. The van der Waals surface area contributed by atoms with Crippen molar-refractivity contribution in [1.29, 1.82) is 0 Å². The molecular formula is C29H26F3N7O3. The van der Waals surface area contributed by atoms with Crippen LogP contribution < -0.4 is 30.3 Å². The van der Waals surface area contributed by atoms with Gasteiger partial charge in [-0.3, -0.25) is 4.99 Å². The lowest BCUT2D eigenvalue weighted by molar-refractivity contribution is -0.137. The summed E-state index contributed by atoms with van der Waals surface area (Å²) >= 11 is 0. The van der Waals surface area contributed by atoms with Crippen LogP contribution in [0.2, 0.25) is 0 Å². The number of halogens is 3. The number of nitrogens with zero attached hydrogens (tertiary/aromatic N) is 4. The van der Waals surface area contributed by atoms with Crippen LogP contribution in [0.25, 0.3) is 0 Å². The van der Waals surface area contributed by atoms with Crippen LogP contribution in [-0.4, -0.2) is 42.0 Å². The summed E-state index contributed by atoms with van der Waals surface area (Å²) in [5.41, 5.74) is 0.345. The molecule has 3 N–H and O–H groups in total. The number of amides is 2. The molecule has 0 saturated carbocycles. The lowest BCUT2D eigenvalue weighted by atomic mass is 10.1. The van der Waals surface area contributed by atoms with Gasteiger partial charge in [-0.15, -0.1) is 0 Å². The van der Waals surface area contributed by atoms with Crippen LogP contribution in [0.5, 0.6) is 17.4 Å². The topological polar surface area (TPSA) is 113 Å². The number of hydrogen-bond acceptors (Lipinski definition) is 8. The number of carbonyl (C=O) groups excluding carboxylic acids is 1. The van der Waals surface area contributed by atoms with Crippen molar-refractivity contribution in [1.82, 2.24) is 9.97 Å². The number of benzene rings is 3. The van der Waals surface area contributed by atoms with E-state index in [1.165, 1.54) is 23.4 Å². The molecule has 42 heavy (non-hydrogen) atoms. The normalized spacial score (nSPS) is 12.9. The molecule has 0 radical (unpaired) electrons. The fourth-order valence-corrected chi connectivity index (χ4v) is 4.24. The first-order chi connectivity index (χ1) is 20.2. The largest absolute Gasteiger partial charge is 0.497 e. The van der Waals surface area contributed by atoms with Gasteiger partial charge in [0.15, 0.2) is 0 Å². The summed E-state index contributed by atoms with van der Waals surface area (Å²) in [5.74, 6) is 2.50. The second kappa shape index (κ2) is 12.0. The van der Waals surface area contributed by atoms with E-state index in [1.54, 1.807) is 44.4 Å². The van der Waals surface area contributed by atoms with Crippen molar-refractivity contribution in [3.05, 3.63) is 84.7 Å². The summed E-state index contributed by atoms with van der Waals surface area (Å²) in [7, 11) is 1.59. The molecule has 0 bridgehead atoms. The summed E-state index contributed by atoms with van der Waals surface area (Å²) in [6, 6.07) is 18.3. The number of amidine groups is 1. The minimum absolute atomic E-state index is 0.000123. The van der Waals surface area contributed by atoms with Gasteiger partial charge in [-0.1, -0.05) is 0 Å². The maximum atomic E-state index is 13.8. The zero-order valence-electron chi connectivity index (χ0n) is 22.6. The fourth-order valence-electron chi connectivity index (χ4n) is 4.24. The molecule has 10 nitrogen and oxygen atoms in total. The van der Waals surface area contributed by atoms with E-state index in [0.29, 0.717) is 42.1 Å². The molecule has 3 aromatic carbocycles. The Bertz CT molecular complexity index is 1590. The van der Waals surface area contributed by atoms with Crippen LogP contribution in [0.4, 0.5) is 46.5 Å². The molecule has 2 heterocycles. The van der Waals surface area contributed by atoms with Gasteiger partial charge in [0.25, 0.3) is 0 Å². The summed E-state index contributed by atoms with van der Waals surface area (Å²) in [5, 5.41) is 8.21. The molecule has 216 valence electrons. The number of ether oxygens (including phenoxy) is 2. The Labute approximate surface area is 239 Å². The quantitative estimate of drug-likeness (QED) is 0.208. The highest BCUT2D eigenvalue weighted by Gasteiger charge is 2.36. The molecule has 1 aliphatic rings. The Kier molecular flexibility index (Phi) is 8.09. The van der Waals surface area contributed by atoms with Crippen LogP contribution in [0.1, 0.15) is 12.5 Å². The molecule has 0 unspecified atom stereocenters. The van der Waals surface area contributed by atoms with Crippen LogP contribution in [0.3, 0.4) is 0 Å². The van der Waals surface area contributed by atoms with Crippen LogP contribution in [-0.2, 0) is 6.18 Å². The average Bonchev–Trinajstić information content (AvgIpc) is 3.40. The minimum Gasteiger partial charge on any atom is -0.497 e. The first-order valence-electron chi connectivity index (χ1n) is 12.8. The maximum absolute atomic E-state index is 13.8. The zero-order chi connectivity index (χ0) is 29.7. The van der Waals surface area contributed by atoms with Gasteiger partial charge in [0, 0.05) is 29.7 Å². The highest BCUT2D eigenvalue weighted by Crippen LogP contribution is 2.39. The van der Waals surface area contributed by atoms with Gasteiger partial charge < -0.3 is 30.3 Å².